The van der Waals surface area contributed by atoms with Gasteiger partial charge in [0.15, 0.2) is 0 Å². The summed E-state index contributed by atoms with van der Waals surface area (Å²) in [5.41, 5.74) is 1.17. The van der Waals surface area contributed by atoms with E-state index in [-0.39, 0.29) is 0 Å². The first-order valence-electron chi connectivity index (χ1n) is 7.11. The van der Waals surface area contributed by atoms with Gasteiger partial charge < -0.3 is 24.6 Å². The molecule has 1 fully saturated rings. The number of ether oxygens (including phenoxy) is 2. The number of rotatable bonds is 6. The van der Waals surface area contributed by atoms with Gasteiger partial charge in [-0.15, -0.1) is 0 Å². The van der Waals surface area contributed by atoms with Crippen LogP contribution in [0.15, 0.2) is 18.2 Å². The van der Waals surface area contributed by atoms with Crippen LogP contribution in [0.1, 0.15) is 0 Å². The fourth-order valence-corrected chi connectivity index (χ4v) is 2.21. The summed E-state index contributed by atoms with van der Waals surface area (Å²) in [4.78, 5) is 4.47. The minimum atomic E-state index is 0.682. The maximum Gasteiger partial charge on any atom is 0.125 e. The van der Waals surface area contributed by atoms with Crippen LogP contribution in [0.3, 0.4) is 0 Å². The molecule has 1 saturated heterocycles. The zero-order valence-electron chi connectivity index (χ0n) is 12.7. The summed E-state index contributed by atoms with van der Waals surface area (Å²) in [6.07, 6.45) is 0. The second kappa shape index (κ2) is 7.36. The summed E-state index contributed by atoms with van der Waals surface area (Å²) < 4.78 is 11.2. The van der Waals surface area contributed by atoms with E-state index in [1.807, 2.05) is 20.2 Å². The van der Waals surface area contributed by atoms with Crippen molar-refractivity contribution >= 4 is 5.69 Å². The first-order valence-corrected chi connectivity index (χ1v) is 7.11. The molecule has 0 aromatic heterocycles. The van der Waals surface area contributed by atoms with Crippen molar-refractivity contribution in [1.29, 1.82) is 0 Å². The summed E-state index contributed by atoms with van der Waals surface area (Å²) in [6.45, 7) is 5.66. The Hall–Kier alpha value is -1.46. The van der Waals surface area contributed by atoms with Gasteiger partial charge in [-0.05, 0) is 14.1 Å². The van der Waals surface area contributed by atoms with Gasteiger partial charge in [-0.2, -0.15) is 0 Å². The van der Waals surface area contributed by atoms with Crippen LogP contribution in [0.25, 0.3) is 0 Å². The number of nitrogens with zero attached hydrogens (tertiary/aromatic N) is 2. The fourth-order valence-electron chi connectivity index (χ4n) is 2.21. The van der Waals surface area contributed by atoms with E-state index in [9.17, 15) is 0 Å². The molecule has 1 aliphatic rings. The molecule has 112 valence electrons. The monoisotopic (exact) mass is 279 g/mol. The van der Waals surface area contributed by atoms with Gasteiger partial charge in [-0.1, -0.05) is 0 Å². The number of anilines is 1. The Balaban J connectivity index is 2.06. The number of benzene rings is 1. The van der Waals surface area contributed by atoms with Crippen LogP contribution in [0.5, 0.6) is 11.5 Å². The first kappa shape index (κ1) is 14.9. The Morgan fingerprint density at radius 3 is 2.50 bits per heavy atom. The molecule has 0 aliphatic carbocycles. The average Bonchev–Trinajstić information content (AvgIpc) is 2.47. The van der Waals surface area contributed by atoms with Crippen molar-refractivity contribution in [3.63, 3.8) is 0 Å². The summed E-state index contributed by atoms with van der Waals surface area (Å²) in [5, 5.41) is 3.36. The highest BCUT2D eigenvalue weighted by molar-refractivity contribution is 5.56. The van der Waals surface area contributed by atoms with E-state index in [1.165, 1.54) is 5.69 Å². The molecule has 1 heterocycles. The van der Waals surface area contributed by atoms with Crippen molar-refractivity contribution < 1.29 is 9.47 Å². The molecule has 5 heteroatoms. The highest BCUT2D eigenvalue weighted by atomic mass is 16.5. The molecule has 5 nitrogen and oxygen atoms in total. The molecular formula is C15H25N3O2. The molecule has 1 aliphatic heterocycles. The second-order valence-electron chi connectivity index (χ2n) is 5.26. The largest absolute Gasteiger partial charge is 0.497 e. The highest BCUT2D eigenvalue weighted by Gasteiger charge is 2.13. The summed E-state index contributed by atoms with van der Waals surface area (Å²) in [6, 6.07) is 6.12. The van der Waals surface area contributed by atoms with Gasteiger partial charge in [0.05, 0.1) is 7.11 Å². The van der Waals surface area contributed by atoms with E-state index < -0.39 is 0 Å². The Morgan fingerprint density at radius 1 is 1.15 bits per heavy atom. The molecule has 0 saturated carbocycles. The van der Waals surface area contributed by atoms with Gasteiger partial charge >= 0.3 is 0 Å². The van der Waals surface area contributed by atoms with Crippen LogP contribution in [0.2, 0.25) is 0 Å². The molecule has 1 aromatic carbocycles. The lowest BCUT2D eigenvalue weighted by Gasteiger charge is -2.30. The molecule has 0 spiro atoms. The van der Waals surface area contributed by atoms with Crippen molar-refractivity contribution in [3.05, 3.63) is 18.2 Å². The van der Waals surface area contributed by atoms with Crippen LogP contribution in [0.4, 0.5) is 5.69 Å². The third kappa shape index (κ3) is 4.28. The van der Waals surface area contributed by atoms with Gasteiger partial charge in [-0.25, -0.2) is 0 Å². The van der Waals surface area contributed by atoms with Crippen LogP contribution in [0, 0.1) is 0 Å². The summed E-state index contributed by atoms with van der Waals surface area (Å²) in [7, 11) is 5.78. The molecule has 0 atom stereocenters. The Morgan fingerprint density at radius 2 is 1.85 bits per heavy atom. The smallest absolute Gasteiger partial charge is 0.125 e. The van der Waals surface area contributed by atoms with Crippen molar-refractivity contribution in [1.82, 2.24) is 10.2 Å². The van der Waals surface area contributed by atoms with E-state index in [1.54, 1.807) is 7.11 Å². The van der Waals surface area contributed by atoms with Crippen molar-refractivity contribution in [2.24, 2.45) is 0 Å². The predicted octanol–water partition coefficient (Wildman–Crippen LogP) is 1.05. The predicted molar refractivity (Wildman–Crippen MR) is 82.1 cm³/mol. The molecule has 0 unspecified atom stereocenters. The minimum absolute atomic E-state index is 0.682. The topological polar surface area (TPSA) is 37.0 Å². The van der Waals surface area contributed by atoms with Crippen molar-refractivity contribution in [3.8, 4) is 11.5 Å². The molecule has 20 heavy (non-hydrogen) atoms. The summed E-state index contributed by atoms with van der Waals surface area (Å²) >= 11 is 0. The summed E-state index contributed by atoms with van der Waals surface area (Å²) in [5.74, 6) is 1.72. The van der Waals surface area contributed by atoms with Gasteiger partial charge in [0.25, 0.3) is 0 Å². The van der Waals surface area contributed by atoms with E-state index in [0.29, 0.717) is 6.61 Å². The third-order valence-electron chi connectivity index (χ3n) is 3.39. The molecule has 0 radical (unpaired) electrons. The van der Waals surface area contributed by atoms with Crippen molar-refractivity contribution in [2.45, 2.75) is 0 Å². The van der Waals surface area contributed by atoms with E-state index in [0.717, 1.165) is 44.2 Å². The number of nitrogens with one attached hydrogen (secondary N) is 1. The van der Waals surface area contributed by atoms with Crippen LogP contribution in [-0.4, -0.2) is 65.4 Å². The second-order valence-corrected chi connectivity index (χ2v) is 5.26. The molecule has 0 bridgehead atoms. The number of hydrogen-bond donors (Lipinski definition) is 1. The van der Waals surface area contributed by atoms with Gasteiger partial charge in [-0.3, -0.25) is 0 Å². The van der Waals surface area contributed by atoms with Gasteiger partial charge in [0.2, 0.25) is 0 Å². The van der Waals surface area contributed by atoms with Crippen LogP contribution in [-0.2, 0) is 0 Å². The number of methoxy groups -OCH3 is 1. The molecule has 1 aromatic rings. The Labute approximate surface area is 121 Å². The normalized spacial score (nSPS) is 15.5. The molecule has 2 rings (SSSR count). The lowest BCUT2D eigenvalue weighted by molar-refractivity contribution is 0.260. The maximum atomic E-state index is 5.83. The van der Waals surface area contributed by atoms with E-state index in [4.69, 9.17) is 9.47 Å². The Kier molecular flexibility index (Phi) is 5.49. The standard InChI is InChI=1S/C15H25N3O2/c1-17(2)8-9-20-15-11-13(10-14(12-15)19-3)18-6-4-16-5-7-18/h10-12,16H,4-9H2,1-3H3. The SMILES string of the molecule is COc1cc(OCCN(C)C)cc(N2CCNCC2)c1. The van der Waals surface area contributed by atoms with Crippen molar-refractivity contribution in [2.75, 3.05) is 65.4 Å². The third-order valence-corrected chi connectivity index (χ3v) is 3.39. The number of piperazine rings is 1. The molecular weight excluding hydrogens is 254 g/mol. The minimum Gasteiger partial charge on any atom is -0.497 e. The van der Waals surface area contributed by atoms with Gasteiger partial charge in [0, 0.05) is 56.6 Å². The Bertz CT molecular complexity index is 418. The van der Waals surface area contributed by atoms with Gasteiger partial charge in [0.1, 0.15) is 18.1 Å². The number of hydrogen-bond acceptors (Lipinski definition) is 5. The average molecular weight is 279 g/mol. The van der Waals surface area contributed by atoms with E-state index in [2.05, 4.69) is 27.2 Å². The van der Waals surface area contributed by atoms with Crippen LogP contribution < -0.4 is 19.7 Å². The van der Waals surface area contributed by atoms with E-state index >= 15 is 0 Å². The molecule has 0 amide bonds. The molecule has 1 N–H and O–H groups in total. The maximum absolute atomic E-state index is 5.83. The van der Waals surface area contributed by atoms with Crippen LogP contribution >= 0.6 is 0 Å². The zero-order chi connectivity index (χ0) is 14.4. The fraction of sp³-hybridized carbons (Fsp3) is 0.600. The zero-order valence-corrected chi connectivity index (χ0v) is 12.7. The quantitative estimate of drug-likeness (QED) is 0.842. The lowest BCUT2D eigenvalue weighted by Crippen LogP contribution is -2.43. The highest BCUT2D eigenvalue weighted by Crippen LogP contribution is 2.28. The lowest BCUT2D eigenvalue weighted by atomic mass is 10.2. The number of likely N-dealkylation sites (N-methyl/N-ethyl adjacent to an activating group) is 1. The first-order chi connectivity index (χ1) is 9.69.